The smallest absolute Gasteiger partial charge is 0.344 e. The quantitative estimate of drug-likeness (QED) is 0.378. The standard InChI is InChI=1S/C28H23NO9/c1-32-20-11-15(12-21(33-2)25(20)34-3)29-27(30)26-22(14-8-9-18-19(10-14)36-13-35-18)23-24(38-26)16-6-4-5-7-17(16)37-28(23)31/h4-12,22,26H,13H2,1-3H3,(H,29,30)/t22-,26+/m0/s1. The van der Waals surface area contributed by atoms with E-state index in [-0.39, 0.29) is 12.4 Å². The minimum atomic E-state index is -1.10. The number of methoxy groups -OCH3 is 3. The van der Waals surface area contributed by atoms with E-state index in [1.54, 1.807) is 48.5 Å². The molecule has 3 aromatic carbocycles. The van der Waals surface area contributed by atoms with Gasteiger partial charge in [0, 0.05) is 17.8 Å². The highest BCUT2D eigenvalue weighted by Crippen LogP contribution is 2.47. The summed E-state index contributed by atoms with van der Waals surface area (Å²) in [5, 5.41) is 3.46. The van der Waals surface area contributed by atoms with Crippen LogP contribution in [0.2, 0.25) is 0 Å². The first-order valence-electron chi connectivity index (χ1n) is 11.7. The van der Waals surface area contributed by atoms with Crippen LogP contribution in [0.4, 0.5) is 5.69 Å². The van der Waals surface area contributed by atoms with E-state index < -0.39 is 23.6 Å². The predicted molar refractivity (Wildman–Crippen MR) is 136 cm³/mol. The molecule has 3 heterocycles. The average Bonchev–Trinajstić information content (AvgIpc) is 3.57. The van der Waals surface area contributed by atoms with Gasteiger partial charge >= 0.3 is 5.63 Å². The average molecular weight is 517 g/mol. The molecular formula is C28H23NO9. The third-order valence-corrected chi connectivity index (χ3v) is 6.60. The van der Waals surface area contributed by atoms with Crippen LogP contribution in [-0.4, -0.2) is 40.1 Å². The van der Waals surface area contributed by atoms with Gasteiger partial charge in [0.1, 0.15) is 11.3 Å². The summed E-state index contributed by atoms with van der Waals surface area (Å²) >= 11 is 0. The summed E-state index contributed by atoms with van der Waals surface area (Å²) in [6.45, 7) is 0.0916. The minimum absolute atomic E-state index is 0.0916. The number of carbonyl (C=O) groups excluding carboxylic acids is 1. The van der Waals surface area contributed by atoms with E-state index in [0.717, 1.165) is 0 Å². The van der Waals surface area contributed by atoms with E-state index in [9.17, 15) is 9.59 Å². The number of anilines is 1. The van der Waals surface area contributed by atoms with Gasteiger partial charge in [0.2, 0.25) is 12.5 Å². The lowest BCUT2D eigenvalue weighted by Gasteiger charge is -2.20. The molecule has 0 saturated carbocycles. The van der Waals surface area contributed by atoms with Gasteiger partial charge in [-0.25, -0.2) is 4.79 Å². The molecule has 10 heteroatoms. The van der Waals surface area contributed by atoms with Crippen LogP contribution in [0, 0.1) is 0 Å². The van der Waals surface area contributed by atoms with E-state index in [4.69, 9.17) is 32.8 Å². The van der Waals surface area contributed by atoms with Crippen LogP contribution in [-0.2, 0) is 4.79 Å². The lowest BCUT2D eigenvalue weighted by atomic mass is 9.88. The summed E-state index contributed by atoms with van der Waals surface area (Å²) in [5.74, 6) is 1.28. The van der Waals surface area contributed by atoms with Crippen molar-refractivity contribution in [1.82, 2.24) is 0 Å². The molecule has 0 aliphatic carbocycles. The number of amides is 1. The van der Waals surface area contributed by atoms with Gasteiger partial charge in [-0.15, -0.1) is 0 Å². The van der Waals surface area contributed by atoms with Gasteiger partial charge < -0.3 is 38.2 Å². The predicted octanol–water partition coefficient (Wildman–Crippen LogP) is 4.08. The maximum atomic E-state index is 13.8. The monoisotopic (exact) mass is 517 g/mol. The second-order valence-electron chi connectivity index (χ2n) is 8.66. The first kappa shape index (κ1) is 23.5. The molecule has 0 fully saturated rings. The Morgan fingerprint density at radius 3 is 2.39 bits per heavy atom. The van der Waals surface area contributed by atoms with E-state index in [1.165, 1.54) is 21.3 Å². The van der Waals surface area contributed by atoms with Gasteiger partial charge in [-0.2, -0.15) is 0 Å². The van der Waals surface area contributed by atoms with Gasteiger partial charge in [0.25, 0.3) is 5.91 Å². The van der Waals surface area contributed by atoms with Crippen LogP contribution in [0.15, 0.2) is 63.8 Å². The summed E-state index contributed by atoms with van der Waals surface area (Å²) < 4.78 is 39.0. The van der Waals surface area contributed by atoms with Crippen molar-refractivity contribution in [3.63, 3.8) is 0 Å². The Bertz CT molecular complexity index is 1600. The molecule has 194 valence electrons. The number of fused-ring (bicyclic) bond motifs is 4. The SMILES string of the molecule is COc1cc(NC(=O)[C@@H]2Oc3c(c(=O)oc4ccccc34)[C@@H]2c2ccc3c(c2)OCO3)cc(OC)c1OC. The summed E-state index contributed by atoms with van der Waals surface area (Å²) in [7, 11) is 4.47. The highest BCUT2D eigenvalue weighted by atomic mass is 16.7. The molecule has 1 amide bonds. The first-order valence-corrected chi connectivity index (χ1v) is 11.7. The molecule has 0 unspecified atom stereocenters. The molecule has 10 nitrogen and oxygen atoms in total. The third kappa shape index (κ3) is 3.73. The fourth-order valence-corrected chi connectivity index (χ4v) is 4.90. The van der Waals surface area contributed by atoms with Crippen LogP contribution < -0.4 is 39.4 Å². The molecule has 0 spiro atoms. The number of ether oxygens (including phenoxy) is 6. The Kier molecular flexibility index (Phi) is 5.71. The van der Waals surface area contributed by atoms with Crippen molar-refractivity contribution in [2.45, 2.75) is 12.0 Å². The number of benzene rings is 3. The first-order chi connectivity index (χ1) is 18.5. The summed E-state index contributed by atoms with van der Waals surface area (Å²) in [4.78, 5) is 27.0. The molecule has 1 aromatic heterocycles. The van der Waals surface area contributed by atoms with Crippen molar-refractivity contribution < 1.29 is 37.6 Å². The summed E-state index contributed by atoms with van der Waals surface area (Å²) in [6, 6.07) is 15.5. The Labute approximate surface area is 216 Å². The fourth-order valence-electron chi connectivity index (χ4n) is 4.90. The molecular weight excluding hydrogens is 494 g/mol. The second kappa shape index (κ2) is 9.22. The highest BCUT2D eigenvalue weighted by molar-refractivity contribution is 5.98. The second-order valence-corrected chi connectivity index (χ2v) is 8.66. The highest BCUT2D eigenvalue weighted by Gasteiger charge is 2.44. The van der Waals surface area contributed by atoms with Crippen molar-refractivity contribution in [2.75, 3.05) is 33.4 Å². The zero-order valence-electron chi connectivity index (χ0n) is 20.7. The van der Waals surface area contributed by atoms with Crippen LogP contribution >= 0.6 is 0 Å². The van der Waals surface area contributed by atoms with Crippen molar-refractivity contribution >= 4 is 22.6 Å². The van der Waals surface area contributed by atoms with Crippen molar-refractivity contribution in [2.24, 2.45) is 0 Å². The lowest BCUT2D eigenvalue weighted by molar-refractivity contribution is -0.122. The number of nitrogens with one attached hydrogen (secondary N) is 1. The van der Waals surface area contributed by atoms with Gasteiger partial charge in [-0.3, -0.25) is 4.79 Å². The Hall–Kier alpha value is -4.86. The third-order valence-electron chi connectivity index (χ3n) is 6.60. The maximum Gasteiger partial charge on any atom is 0.344 e. The molecule has 38 heavy (non-hydrogen) atoms. The Balaban J connectivity index is 1.45. The van der Waals surface area contributed by atoms with E-state index in [2.05, 4.69) is 5.32 Å². The van der Waals surface area contributed by atoms with Crippen molar-refractivity contribution in [1.29, 1.82) is 0 Å². The molecule has 2 aliphatic rings. The van der Waals surface area contributed by atoms with Gasteiger partial charge in [0.15, 0.2) is 29.1 Å². The number of rotatable bonds is 6. The van der Waals surface area contributed by atoms with E-state index in [0.29, 0.717) is 56.7 Å². The van der Waals surface area contributed by atoms with Gasteiger partial charge in [-0.05, 0) is 29.8 Å². The molecule has 1 N–H and O–H groups in total. The molecule has 2 atom stereocenters. The summed E-state index contributed by atoms with van der Waals surface area (Å²) in [6.07, 6.45) is -1.10. The lowest BCUT2D eigenvalue weighted by Crippen LogP contribution is -2.35. The molecule has 4 aromatic rings. The summed E-state index contributed by atoms with van der Waals surface area (Å²) in [5.41, 5.74) is 1.08. The van der Waals surface area contributed by atoms with Crippen LogP contribution in [0.1, 0.15) is 17.0 Å². The minimum Gasteiger partial charge on any atom is -0.493 e. The maximum absolute atomic E-state index is 13.8. The van der Waals surface area contributed by atoms with Crippen molar-refractivity contribution in [3.8, 4) is 34.5 Å². The number of para-hydroxylation sites is 1. The van der Waals surface area contributed by atoms with E-state index >= 15 is 0 Å². The Morgan fingerprint density at radius 2 is 1.66 bits per heavy atom. The topological polar surface area (TPSA) is 115 Å². The fraction of sp³-hybridized carbons (Fsp3) is 0.214. The van der Waals surface area contributed by atoms with Crippen molar-refractivity contribution in [3.05, 3.63) is 76.1 Å². The zero-order chi connectivity index (χ0) is 26.4. The van der Waals surface area contributed by atoms with Crippen LogP contribution in [0.5, 0.6) is 34.5 Å². The Morgan fingerprint density at radius 1 is 0.921 bits per heavy atom. The van der Waals surface area contributed by atoms with E-state index in [1.807, 2.05) is 6.07 Å². The zero-order valence-corrected chi connectivity index (χ0v) is 20.7. The molecule has 0 saturated heterocycles. The molecule has 2 aliphatic heterocycles. The molecule has 6 rings (SSSR count). The molecule has 0 bridgehead atoms. The number of hydrogen-bond acceptors (Lipinski definition) is 9. The number of carbonyl (C=O) groups is 1. The van der Waals surface area contributed by atoms with Crippen LogP contribution in [0.3, 0.4) is 0 Å². The normalized spacial score (nSPS) is 17.0. The van der Waals surface area contributed by atoms with Crippen LogP contribution in [0.25, 0.3) is 11.0 Å². The van der Waals surface area contributed by atoms with Gasteiger partial charge in [0.05, 0.1) is 38.2 Å². The largest absolute Gasteiger partial charge is 0.493 e. The number of hydrogen-bond donors (Lipinski definition) is 1. The van der Waals surface area contributed by atoms with Gasteiger partial charge in [-0.1, -0.05) is 18.2 Å². The molecule has 0 radical (unpaired) electrons.